The van der Waals surface area contributed by atoms with Crippen molar-refractivity contribution in [2.24, 2.45) is 37.8 Å². The summed E-state index contributed by atoms with van der Waals surface area (Å²) in [6.45, 7) is 22.3. The normalized spacial score (nSPS) is 28.2. The van der Waals surface area contributed by atoms with Crippen molar-refractivity contribution >= 4 is 23.4 Å². The van der Waals surface area contributed by atoms with E-state index in [4.69, 9.17) is 14.5 Å². The molecule has 4 aliphatic rings. The molecule has 1 amide bonds. The van der Waals surface area contributed by atoms with Gasteiger partial charge in [0, 0.05) is 63.4 Å². The molecule has 0 bridgehead atoms. The van der Waals surface area contributed by atoms with E-state index in [-0.39, 0.29) is 65.7 Å². The highest BCUT2D eigenvalue weighted by atomic mass is 16.4. The third kappa shape index (κ3) is 5.37. The van der Waals surface area contributed by atoms with Crippen LogP contribution in [0.25, 0.3) is 9.69 Å². The predicted molar refractivity (Wildman–Crippen MR) is 181 cm³/mol. The van der Waals surface area contributed by atoms with Crippen molar-refractivity contribution in [3.8, 4) is 0 Å². The van der Waals surface area contributed by atoms with Gasteiger partial charge in [-0.3, -0.25) is 14.2 Å². The number of amides is 1. The molecule has 48 heavy (non-hydrogen) atoms. The Morgan fingerprint density at radius 1 is 0.875 bits per heavy atom. The molecule has 256 valence electrons. The van der Waals surface area contributed by atoms with E-state index >= 15 is 0 Å². The summed E-state index contributed by atoms with van der Waals surface area (Å²) in [5, 5.41) is 18.5. The molecule has 4 aliphatic carbocycles. The van der Waals surface area contributed by atoms with Crippen molar-refractivity contribution in [3.05, 3.63) is 80.3 Å². The fourth-order valence-corrected chi connectivity index (χ4v) is 8.38. The second-order valence-electron chi connectivity index (χ2n) is 13.5. The number of rotatable bonds is 2. The first-order valence-electron chi connectivity index (χ1n) is 16.4. The summed E-state index contributed by atoms with van der Waals surface area (Å²) in [4.78, 5) is 57.0. The highest BCUT2D eigenvalue weighted by molar-refractivity contribution is 6.01. The number of aromatic carboxylic acids is 1. The van der Waals surface area contributed by atoms with Crippen molar-refractivity contribution in [2.45, 2.75) is 79.0 Å². The molecular formula is C36H47N7O5. The van der Waals surface area contributed by atoms with E-state index in [9.17, 15) is 24.3 Å². The minimum atomic E-state index is -0.993. The Labute approximate surface area is 284 Å². The fraction of sp³-hybridized carbons (Fsp3) is 0.556. The van der Waals surface area contributed by atoms with Gasteiger partial charge in [-0.1, -0.05) is 54.7 Å². The van der Waals surface area contributed by atoms with Gasteiger partial charge in [0.15, 0.2) is 11.6 Å². The van der Waals surface area contributed by atoms with Gasteiger partial charge in [-0.25, -0.2) is 14.5 Å². The molecule has 0 unspecified atom stereocenters. The van der Waals surface area contributed by atoms with E-state index < -0.39 is 16.8 Å². The van der Waals surface area contributed by atoms with Crippen LogP contribution in [-0.4, -0.2) is 67.1 Å². The van der Waals surface area contributed by atoms with Gasteiger partial charge in [0.05, 0.1) is 24.5 Å². The van der Waals surface area contributed by atoms with Crippen molar-refractivity contribution < 1.29 is 25.7 Å². The lowest BCUT2D eigenvalue weighted by molar-refractivity contribution is -0.122. The van der Waals surface area contributed by atoms with Crippen LogP contribution in [0.2, 0.25) is 0 Å². The Morgan fingerprint density at radius 3 is 1.60 bits per heavy atom. The standard InChI is InChI=1S/C18H22N4O2.C16H17N3O3.2CH4/c1-10-12-8-7-11-14(17(24)21(4)5)22(6)20-16(11)18(12,2)9-13(19-3)15(10)23;1-8-10-6-5-9-12(15(21)22)19(4)18-14(9)16(10,2)7-11(17-3)13(8)20;;/h9-10,12H,7-8H2,1-2,4-6H3;7-8,10H,5-6H2,1-2,4H3,(H,21,22);2*1H4/t10-,12-,18-;8-,10-,16-;;/m00../s1/i;;1T;. The number of Topliss-reactive ketones (excluding diaryl/α,β-unsaturated/α-hetero) is 2. The SMILES string of the molecule is C.[3H]C.[C-]#[N+]C1=C[C@]2(C)c3nn(C)c(C(=O)N(C)C)c3CC[C@H]2[C@H](C)C1=O.[C-]#[N+]C1=C[C@]2(C)c3nn(C)c(C(=O)O)c3CC[C@H]2[C@H](C)C1=O. The van der Waals surface area contributed by atoms with E-state index in [2.05, 4.69) is 19.9 Å². The van der Waals surface area contributed by atoms with E-state index in [1.165, 1.54) is 12.1 Å². The summed E-state index contributed by atoms with van der Waals surface area (Å²) in [5.74, 6) is -1.54. The van der Waals surface area contributed by atoms with Crippen molar-refractivity contribution in [2.75, 3.05) is 14.1 Å². The second-order valence-corrected chi connectivity index (χ2v) is 13.5. The molecule has 6 atom stereocenters. The van der Waals surface area contributed by atoms with Crippen molar-refractivity contribution in [3.63, 3.8) is 0 Å². The van der Waals surface area contributed by atoms with Crippen LogP contribution in [-0.2, 0) is 47.4 Å². The van der Waals surface area contributed by atoms with Crippen LogP contribution in [0.15, 0.2) is 23.5 Å². The average Bonchev–Trinajstić information content (AvgIpc) is 3.58. The van der Waals surface area contributed by atoms with Crippen LogP contribution in [0, 0.1) is 36.8 Å². The molecule has 12 heteroatoms. The number of carbonyl (C=O) groups is 4. The topological polar surface area (TPSA) is 136 Å². The molecule has 0 fully saturated rings. The number of allylic oxidation sites excluding steroid dienone is 4. The van der Waals surface area contributed by atoms with Crippen LogP contribution >= 0.6 is 0 Å². The van der Waals surface area contributed by atoms with Gasteiger partial charge in [0.25, 0.3) is 5.91 Å². The number of carboxylic acids is 1. The molecule has 0 aliphatic heterocycles. The van der Waals surface area contributed by atoms with Crippen LogP contribution in [0.1, 0.15) is 100 Å². The number of ketones is 2. The number of hydrogen-bond donors (Lipinski definition) is 1. The zero-order valence-corrected chi connectivity index (χ0v) is 28.5. The quantitative estimate of drug-likeness (QED) is 0.438. The lowest BCUT2D eigenvalue weighted by atomic mass is 9.58. The van der Waals surface area contributed by atoms with Gasteiger partial charge < -0.3 is 19.6 Å². The van der Waals surface area contributed by atoms with Crippen molar-refractivity contribution in [1.29, 1.82) is 0 Å². The van der Waals surface area contributed by atoms with Crippen LogP contribution in [0.5, 0.6) is 0 Å². The number of fused-ring (bicyclic) bond motifs is 6. The molecular weight excluding hydrogens is 610 g/mol. The van der Waals surface area contributed by atoms with Crippen LogP contribution in [0.3, 0.4) is 0 Å². The fourth-order valence-electron chi connectivity index (χ4n) is 8.38. The molecule has 6 rings (SSSR count). The Bertz CT molecular complexity index is 1850. The van der Waals surface area contributed by atoms with Crippen LogP contribution in [0.4, 0.5) is 0 Å². The number of aromatic nitrogens is 4. The monoisotopic (exact) mass is 659 g/mol. The molecule has 0 spiro atoms. The summed E-state index contributed by atoms with van der Waals surface area (Å²) in [7, 11) is 8.11. The van der Waals surface area contributed by atoms with Gasteiger partial charge in [-0.15, -0.1) is 0 Å². The Hall–Kier alpha value is -4.84. The smallest absolute Gasteiger partial charge is 0.354 e. The first-order chi connectivity index (χ1) is 22.5. The minimum Gasteiger partial charge on any atom is -0.477 e. The highest BCUT2D eigenvalue weighted by Crippen LogP contribution is 2.51. The maximum Gasteiger partial charge on any atom is 0.354 e. The van der Waals surface area contributed by atoms with Gasteiger partial charge in [-0.2, -0.15) is 10.2 Å². The van der Waals surface area contributed by atoms with E-state index in [0.717, 1.165) is 36.1 Å². The summed E-state index contributed by atoms with van der Waals surface area (Å²) in [6.07, 6.45) is 6.36. The molecule has 0 radical (unpaired) electrons. The van der Waals surface area contributed by atoms with Crippen LogP contribution < -0.4 is 0 Å². The second kappa shape index (κ2) is 13.0. The molecule has 2 heterocycles. The number of hydrogen-bond acceptors (Lipinski definition) is 6. The number of aryl methyl sites for hydroxylation is 2. The lowest BCUT2D eigenvalue weighted by Crippen LogP contribution is -2.45. The lowest BCUT2D eigenvalue weighted by Gasteiger charge is -2.44. The average molecular weight is 660 g/mol. The van der Waals surface area contributed by atoms with E-state index in [0.29, 0.717) is 17.8 Å². The molecule has 0 aromatic carbocycles. The summed E-state index contributed by atoms with van der Waals surface area (Å²) in [5.41, 5.74) is 3.33. The Kier molecular flexibility index (Phi) is 9.74. The van der Waals surface area contributed by atoms with E-state index in [1.807, 2.05) is 27.7 Å². The zero-order valence-electron chi connectivity index (χ0n) is 29.5. The van der Waals surface area contributed by atoms with Crippen molar-refractivity contribution in [1.82, 2.24) is 24.5 Å². The summed E-state index contributed by atoms with van der Waals surface area (Å²) >= 11 is 0. The Morgan fingerprint density at radius 2 is 1.25 bits per heavy atom. The molecule has 2 aromatic heterocycles. The van der Waals surface area contributed by atoms with Gasteiger partial charge in [-0.05, 0) is 37.5 Å². The number of carboxylic acid groups (broad SMARTS) is 1. The third-order valence-electron chi connectivity index (χ3n) is 10.7. The van der Waals surface area contributed by atoms with E-state index in [1.54, 1.807) is 49.9 Å². The maximum absolute atomic E-state index is 12.5. The minimum absolute atomic E-state index is 0. The molecule has 12 nitrogen and oxygen atoms in total. The zero-order chi connectivity index (χ0) is 36.0. The Balaban J connectivity index is 0.000000249. The first kappa shape index (κ1) is 36.0. The van der Waals surface area contributed by atoms with Gasteiger partial charge in [0.2, 0.25) is 11.4 Å². The maximum atomic E-state index is 12.5. The molecule has 0 saturated heterocycles. The summed E-state index contributed by atoms with van der Waals surface area (Å²) in [6, 6.07) is 0. The van der Waals surface area contributed by atoms with Gasteiger partial charge in [0.1, 0.15) is 11.4 Å². The highest BCUT2D eigenvalue weighted by Gasteiger charge is 2.52. The summed E-state index contributed by atoms with van der Waals surface area (Å²) < 4.78 is 8.79. The predicted octanol–water partition coefficient (Wildman–Crippen LogP) is 5.20. The third-order valence-corrected chi connectivity index (χ3v) is 10.7. The largest absolute Gasteiger partial charge is 0.477 e. The van der Waals surface area contributed by atoms with Gasteiger partial charge >= 0.3 is 5.97 Å². The number of carbonyl (C=O) groups excluding carboxylic acids is 3. The molecule has 2 aromatic rings. The molecule has 0 saturated carbocycles. The first-order valence-corrected chi connectivity index (χ1v) is 15.4. The number of nitrogens with zero attached hydrogens (tertiary/aromatic N) is 7. The molecule has 1 N–H and O–H groups in total.